The van der Waals surface area contributed by atoms with Gasteiger partial charge in [0.05, 0.1) is 0 Å². The molecule has 7 heteroatoms. The van der Waals surface area contributed by atoms with Crippen LogP contribution in [0.3, 0.4) is 0 Å². The second-order valence-electron chi connectivity index (χ2n) is 7.43. The number of nitrogens with zero attached hydrogens (tertiary/aromatic N) is 2. The zero-order valence-corrected chi connectivity index (χ0v) is 16.4. The lowest BCUT2D eigenvalue weighted by molar-refractivity contribution is -0.125. The van der Waals surface area contributed by atoms with Gasteiger partial charge in [-0.15, -0.1) is 0 Å². The van der Waals surface area contributed by atoms with Crippen LogP contribution in [0.4, 0.5) is 0 Å². The molecule has 1 saturated carbocycles. The lowest BCUT2D eigenvalue weighted by Crippen LogP contribution is -2.45. The average molecular weight is 383 g/mol. The smallest absolute Gasteiger partial charge is 0.343 e. The van der Waals surface area contributed by atoms with Crippen molar-refractivity contribution >= 4 is 11.9 Å². The Bertz CT molecular complexity index is 892. The number of rotatable bonds is 5. The van der Waals surface area contributed by atoms with Crippen LogP contribution in [-0.4, -0.2) is 29.1 Å². The molecule has 0 saturated heterocycles. The van der Waals surface area contributed by atoms with Gasteiger partial charge in [-0.2, -0.15) is 5.26 Å². The molecule has 0 aromatic carbocycles. The number of nitriles is 1. The van der Waals surface area contributed by atoms with E-state index in [1.54, 1.807) is 36.0 Å². The number of aromatic nitrogens is 1. The third-order valence-corrected chi connectivity index (χ3v) is 5.61. The maximum absolute atomic E-state index is 12.5. The Hall–Kier alpha value is -3.01. The first-order chi connectivity index (χ1) is 13.4. The molecule has 2 aromatic rings. The van der Waals surface area contributed by atoms with E-state index in [-0.39, 0.29) is 41.3 Å². The summed E-state index contributed by atoms with van der Waals surface area (Å²) in [7, 11) is 0. The summed E-state index contributed by atoms with van der Waals surface area (Å²) in [4.78, 5) is 24.8. The van der Waals surface area contributed by atoms with Gasteiger partial charge in [0, 0.05) is 18.4 Å². The number of esters is 1. The summed E-state index contributed by atoms with van der Waals surface area (Å²) in [6, 6.07) is 5.67. The van der Waals surface area contributed by atoms with E-state index in [0.29, 0.717) is 11.8 Å². The predicted octanol–water partition coefficient (Wildman–Crippen LogP) is 3.35. The summed E-state index contributed by atoms with van der Waals surface area (Å²) < 4.78 is 12.4. The van der Waals surface area contributed by atoms with Crippen LogP contribution in [0.2, 0.25) is 0 Å². The van der Waals surface area contributed by atoms with Crippen LogP contribution in [0.1, 0.15) is 54.8 Å². The van der Waals surface area contributed by atoms with Crippen molar-refractivity contribution in [2.75, 3.05) is 6.61 Å². The van der Waals surface area contributed by atoms with Gasteiger partial charge in [-0.25, -0.2) is 4.79 Å². The van der Waals surface area contributed by atoms with Crippen molar-refractivity contribution in [1.29, 1.82) is 5.26 Å². The van der Waals surface area contributed by atoms with E-state index in [4.69, 9.17) is 9.15 Å². The standard InChI is InChI=1S/C21H25N3O4/c1-13-7-6-8-17(14(13)2)23-18(25)12-27-21(26)19-15(3)28-20(16(19)11-22)24-9-4-5-10-24/h4-5,9-10,13-14,17H,6-8,12H2,1-3H3,(H,23,25)/t13-,14-,17+/m0/s1. The van der Waals surface area contributed by atoms with Crippen molar-refractivity contribution in [2.45, 2.75) is 46.1 Å². The van der Waals surface area contributed by atoms with Crippen LogP contribution >= 0.6 is 0 Å². The lowest BCUT2D eigenvalue weighted by Gasteiger charge is -2.34. The van der Waals surface area contributed by atoms with Crippen LogP contribution in [0, 0.1) is 30.1 Å². The molecule has 0 radical (unpaired) electrons. The number of carbonyl (C=O) groups is 2. The van der Waals surface area contributed by atoms with Gasteiger partial charge in [0.2, 0.25) is 5.88 Å². The molecule has 1 aliphatic carbocycles. The van der Waals surface area contributed by atoms with E-state index in [1.807, 2.05) is 6.07 Å². The zero-order valence-electron chi connectivity index (χ0n) is 16.4. The van der Waals surface area contributed by atoms with Crippen molar-refractivity contribution in [1.82, 2.24) is 9.88 Å². The van der Waals surface area contributed by atoms with Gasteiger partial charge < -0.3 is 14.5 Å². The van der Waals surface area contributed by atoms with Gasteiger partial charge in [-0.1, -0.05) is 26.7 Å². The predicted molar refractivity (Wildman–Crippen MR) is 102 cm³/mol. The number of nitrogens with one attached hydrogen (secondary N) is 1. The summed E-state index contributed by atoms with van der Waals surface area (Å²) in [5, 5.41) is 12.5. The zero-order chi connectivity index (χ0) is 20.3. The normalized spacial score (nSPS) is 21.7. The third kappa shape index (κ3) is 3.96. The monoisotopic (exact) mass is 383 g/mol. The Morgan fingerprint density at radius 3 is 2.71 bits per heavy atom. The van der Waals surface area contributed by atoms with E-state index >= 15 is 0 Å². The van der Waals surface area contributed by atoms with Crippen molar-refractivity contribution in [3.63, 3.8) is 0 Å². The first-order valence-electron chi connectivity index (χ1n) is 9.55. The van der Waals surface area contributed by atoms with Crippen LogP contribution in [0.5, 0.6) is 0 Å². The highest BCUT2D eigenvalue weighted by Gasteiger charge is 2.29. The number of furan rings is 1. The molecule has 1 N–H and O–H groups in total. The highest BCUT2D eigenvalue weighted by atomic mass is 16.5. The molecule has 1 aliphatic rings. The quantitative estimate of drug-likeness (QED) is 0.799. The van der Waals surface area contributed by atoms with Gasteiger partial charge in [-0.3, -0.25) is 9.36 Å². The molecule has 7 nitrogen and oxygen atoms in total. The Labute approximate surface area is 164 Å². The SMILES string of the molecule is Cc1oc(-n2cccc2)c(C#N)c1C(=O)OCC(=O)N[C@@H]1CCC[C@H](C)[C@@H]1C. The van der Waals surface area contributed by atoms with Gasteiger partial charge in [0.15, 0.2) is 6.61 Å². The maximum Gasteiger partial charge on any atom is 0.343 e. The van der Waals surface area contributed by atoms with Gasteiger partial charge in [0.1, 0.15) is 23.0 Å². The fourth-order valence-corrected chi connectivity index (χ4v) is 3.77. The van der Waals surface area contributed by atoms with Gasteiger partial charge >= 0.3 is 5.97 Å². The first-order valence-corrected chi connectivity index (χ1v) is 9.55. The van der Waals surface area contributed by atoms with E-state index in [2.05, 4.69) is 19.2 Å². The molecule has 1 fully saturated rings. The number of hydrogen-bond acceptors (Lipinski definition) is 5. The van der Waals surface area contributed by atoms with Gasteiger partial charge in [0.25, 0.3) is 5.91 Å². The molecule has 0 unspecified atom stereocenters. The van der Waals surface area contributed by atoms with E-state index < -0.39 is 5.97 Å². The molecular weight excluding hydrogens is 358 g/mol. The Balaban J connectivity index is 1.65. The first kappa shape index (κ1) is 19.7. The second kappa shape index (κ2) is 8.34. The number of aryl methyl sites for hydroxylation is 1. The minimum Gasteiger partial charge on any atom is -0.452 e. The topological polar surface area (TPSA) is 97.3 Å². The summed E-state index contributed by atoms with van der Waals surface area (Å²) in [5.41, 5.74) is 0.146. The number of ether oxygens (including phenoxy) is 1. The van der Waals surface area contributed by atoms with Crippen molar-refractivity contribution in [3.8, 4) is 12.0 Å². The summed E-state index contributed by atoms with van der Waals surface area (Å²) >= 11 is 0. The van der Waals surface area contributed by atoms with E-state index in [9.17, 15) is 14.9 Å². The second-order valence-corrected chi connectivity index (χ2v) is 7.43. The molecule has 2 aromatic heterocycles. The van der Waals surface area contributed by atoms with E-state index in [0.717, 1.165) is 12.8 Å². The molecule has 1 amide bonds. The fourth-order valence-electron chi connectivity index (χ4n) is 3.77. The van der Waals surface area contributed by atoms with Crippen LogP contribution < -0.4 is 5.32 Å². The third-order valence-electron chi connectivity index (χ3n) is 5.61. The molecule has 3 atom stereocenters. The number of carbonyl (C=O) groups excluding carboxylic acids is 2. The molecule has 0 spiro atoms. The maximum atomic E-state index is 12.5. The summed E-state index contributed by atoms with van der Waals surface area (Å²) in [6.45, 7) is 5.54. The average Bonchev–Trinajstić information content (AvgIpc) is 3.30. The number of amides is 1. The lowest BCUT2D eigenvalue weighted by atomic mass is 9.78. The minimum absolute atomic E-state index is 0.0543. The molecule has 28 heavy (non-hydrogen) atoms. The van der Waals surface area contributed by atoms with Crippen molar-refractivity contribution in [3.05, 3.63) is 41.4 Å². The number of hydrogen-bond donors (Lipinski definition) is 1. The Morgan fingerprint density at radius 1 is 1.32 bits per heavy atom. The molecule has 0 aliphatic heterocycles. The highest BCUT2D eigenvalue weighted by molar-refractivity contribution is 5.95. The van der Waals surface area contributed by atoms with Crippen molar-refractivity contribution < 1.29 is 18.7 Å². The van der Waals surface area contributed by atoms with Crippen molar-refractivity contribution in [2.24, 2.45) is 11.8 Å². The van der Waals surface area contributed by atoms with Gasteiger partial charge in [-0.05, 0) is 37.3 Å². The van der Waals surface area contributed by atoms with E-state index in [1.165, 1.54) is 6.42 Å². The highest BCUT2D eigenvalue weighted by Crippen LogP contribution is 2.29. The summed E-state index contributed by atoms with van der Waals surface area (Å²) in [6.07, 6.45) is 6.62. The minimum atomic E-state index is -0.739. The Morgan fingerprint density at radius 2 is 2.04 bits per heavy atom. The summed E-state index contributed by atoms with van der Waals surface area (Å²) in [5.74, 6) is 0.409. The molecule has 148 valence electrons. The van der Waals surface area contributed by atoms with Crippen LogP contribution in [0.15, 0.2) is 28.9 Å². The molecule has 3 rings (SSSR count). The van der Waals surface area contributed by atoms with Crippen LogP contribution in [-0.2, 0) is 9.53 Å². The fraction of sp³-hybridized carbons (Fsp3) is 0.476. The molecule has 0 bridgehead atoms. The molecular formula is C21H25N3O4. The van der Waals surface area contributed by atoms with Crippen LogP contribution in [0.25, 0.3) is 5.88 Å². The largest absolute Gasteiger partial charge is 0.452 e. The Kier molecular flexibility index (Phi) is 5.88. The molecule has 2 heterocycles.